The molecule has 96 valence electrons. The molecule has 3 heteroatoms. The van der Waals surface area contributed by atoms with Gasteiger partial charge in [-0.05, 0) is 37.7 Å². The van der Waals surface area contributed by atoms with Gasteiger partial charge < -0.3 is 0 Å². The predicted octanol–water partition coefficient (Wildman–Crippen LogP) is 3.54. The van der Waals surface area contributed by atoms with E-state index in [-0.39, 0.29) is 16.7 Å². The van der Waals surface area contributed by atoms with Crippen molar-refractivity contribution in [1.82, 2.24) is 0 Å². The van der Waals surface area contributed by atoms with Crippen LogP contribution in [-0.2, 0) is 4.79 Å². The largest absolute Gasteiger partial charge is 0.290 e. The van der Waals surface area contributed by atoms with Crippen molar-refractivity contribution in [2.24, 2.45) is 10.4 Å². The predicted molar refractivity (Wildman–Crippen MR) is 77.1 cm³/mol. The summed E-state index contributed by atoms with van der Waals surface area (Å²) in [5.74, 6) is 0.102. The monoisotopic (exact) mass is 261 g/mol. The molecule has 2 aliphatic carbocycles. The van der Waals surface area contributed by atoms with E-state index in [0.29, 0.717) is 0 Å². The molecule has 3 aliphatic rings. The lowest BCUT2D eigenvalue weighted by Gasteiger charge is -2.33. The second kappa shape index (κ2) is 4.37. The average Bonchev–Trinajstić information content (AvgIpc) is 2.68. The van der Waals surface area contributed by atoms with Crippen LogP contribution in [0.25, 0.3) is 0 Å². The zero-order valence-corrected chi connectivity index (χ0v) is 11.6. The fraction of sp³-hybridized carbons (Fsp3) is 0.600. The fourth-order valence-corrected chi connectivity index (χ4v) is 4.42. The third kappa shape index (κ3) is 1.89. The second-order valence-electron chi connectivity index (χ2n) is 5.69. The van der Waals surface area contributed by atoms with Crippen LogP contribution in [0.2, 0.25) is 0 Å². The Morgan fingerprint density at radius 1 is 1.17 bits per heavy atom. The average molecular weight is 261 g/mol. The molecular formula is C15H19NOS. The molecular weight excluding hydrogens is 242 g/mol. The van der Waals surface area contributed by atoms with Crippen LogP contribution in [0.15, 0.2) is 29.3 Å². The Morgan fingerprint density at radius 3 is 2.44 bits per heavy atom. The molecule has 0 atom stereocenters. The van der Waals surface area contributed by atoms with Crippen molar-refractivity contribution in [3.05, 3.63) is 24.3 Å². The van der Waals surface area contributed by atoms with Gasteiger partial charge in [-0.15, -0.1) is 11.8 Å². The standard InChI is InChI=1S/C15H19NOS/c1-18-13-14(9-5-12(17)6-10-14)11-15(16-13)7-3-2-4-8-15/h5-6,9-10H,2-4,7-8,11H2,1H3. The summed E-state index contributed by atoms with van der Waals surface area (Å²) >= 11 is 1.74. The summed E-state index contributed by atoms with van der Waals surface area (Å²) in [6, 6.07) is 0. The molecule has 0 aromatic heterocycles. The lowest BCUT2D eigenvalue weighted by molar-refractivity contribution is -0.110. The van der Waals surface area contributed by atoms with Gasteiger partial charge in [0.1, 0.15) is 0 Å². The molecule has 0 unspecified atom stereocenters. The lowest BCUT2D eigenvalue weighted by atomic mass is 9.72. The third-order valence-electron chi connectivity index (χ3n) is 4.43. The van der Waals surface area contributed by atoms with E-state index in [1.165, 1.54) is 37.1 Å². The van der Waals surface area contributed by atoms with E-state index in [2.05, 4.69) is 18.4 Å². The number of carbonyl (C=O) groups excluding carboxylic acids is 1. The molecule has 0 aromatic rings. The zero-order valence-electron chi connectivity index (χ0n) is 10.8. The molecule has 0 saturated heterocycles. The van der Waals surface area contributed by atoms with Gasteiger partial charge in [-0.25, -0.2) is 0 Å². The Balaban J connectivity index is 1.94. The van der Waals surface area contributed by atoms with E-state index in [0.717, 1.165) is 6.42 Å². The first kappa shape index (κ1) is 12.2. The van der Waals surface area contributed by atoms with E-state index < -0.39 is 0 Å². The van der Waals surface area contributed by atoms with E-state index in [1.807, 2.05) is 0 Å². The summed E-state index contributed by atoms with van der Waals surface area (Å²) in [5, 5.41) is 1.20. The number of rotatable bonds is 0. The van der Waals surface area contributed by atoms with Crippen molar-refractivity contribution in [2.45, 2.75) is 44.1 Å². The topological polar surface area (TPSA) is 29.4 Å². The minimum Gasteiger partial charge on any atom is -0.290 e. The Morgan fingerprint density at radius 2 is 1.83 bits per heavy atom. The van der Waals surface area contributed by atoms with Crippen molar-refractivity contribution in [3.8, 4) is 0 Å². The minimum atomic E-state index is -0.0787. The Hall–Kier alpha value is -0.830. The van der Waals surface area contributed by atoms with E-state index >= 15 is 0 Å². The summed E-state index contributed by atoms with van der Waals surface area (Å²) in [6.07, 6.45) is 17.1. The zero-order chi connectivity index (χ0) is 12.6. The summed E-state index contributed by atoms with van der Waals surface area (Å²) in [7, 11) is 0. The summed E-state index contributed by atoms with van der Waals surface area (Å²) in [6.45, 7) is 0. The second-order valence-corrected chi connectivity index (χ2v) is 6.49. The number of aliphatic imine (C=N–C) groups is 1. The van der Waals surface area contributed by atoms with Crippen LogP contribution in [0, 0.1) is 5.41 Å². The molecule has 0 aromatic carbocycles. The summed E-state index contributed by atoms with van der Waals surface area (Å²) < 4.78 is 0. The molecule has 0 radical (unpaired) electrons. The van der Waals surface area contributed by atoms with Crippen molar-refractivity contribution >= 4 is 22.6 Å². The number of ketones is 1. The van der Waals surface area contributed by atoms with Gasteiger partial charge in [0.2, 0.25) is 0 Å². The fourth-order valence-electron chi connectivity index (χ4n) is 3.55. The SMILES string of the molecule is CSC1=NC2(CCCCC2)CC12C=CC(=O)C=C2. The maximum Gasteiger partial charge on any atom is 0.178 e. The highest BCUT2D eigenvalue weighted by atomic mass is 32.2. The molecule has 2 nitrogen and oxygen atoms in total. The van der Waals surface area contributed by atoms with E-state index in [1.54, 1.807) is 23.9 Å². The van der Waals surface area contributed by atoms with Crippen molar-refractivity contribution in [2.75, 3.05) is 6.26 Å². The Labute approximate surface area is 113 Å². The van der Waals surface area contributed by atoms with Gasteiger partial charge in [0.05, 0.1) is 16.0 Å². The number of hydrogen-bond donors (Lipinski definition) is 0. The summed E-state index contributed by atoms with van der Waals surface area (Å²) in [5.41, 5.74) is 0.0797. The van der Waals surface area contributed by atoms with Crippen LogP contribution < -0.4 is 0 Å². The molecule has 18 heavy (non-hydrogen) atoms. The smallest absolute Gasteiger partial charge is 0.178 e. The first-order valence-electron chi connectivity index (χ1n) is 6.75. The van der Waals surface area contributed by atoms with Gasteiger partial charge in [-0.2, -0.15) is 0 Å². The van der Waals surface area contributed by atoms with Crippen LogP contribution in [0.5, 0.6) is 0 Å². The maximum atomic E-state index is 11.3. The highest BCUT2D eigenvalue weighted by Crippen LogP contribution is 2.51. The number of carbonyl (C=O) groups is 1. The molecule has 3 rings (SSSR count). The van der Waals surface area contributed by atoms with Crippen LogP contribution in [0.3, 0.4) is 0 Å². The number of hydrogen-bond acceptors (Lipinski definition) is 3. The first-order chi connectivity index (χ1) is 8.68. The molecule has 2 spiro atoms. The van der Waals surface area contributed by atoms with Gasteiger partial charge in [0.15, 0.2) is 5.78 Å². The molecule has 0 N–H and O–H groups in total. The molecule has 1 saturated carbocycles. The van der Waals surface area contributed by atoms with Crippen LogP contribution in [0.1, 0.15) is 38.5 Å². The molecule has 0 bridgehead atoms. The van der Waals surface area contributed by atoms with E-state index in [4.69, 9.17) is 4.99 Å². The highest BCUT2D eigenvalue weighted by molar-refractivity contribution is 8.13. The third-order valence-corrected chi connectivity index (χ3v) is 5.28. The van der Waals surface area contributed by atoms with Gasteiger partial charge in [-0.3, -0.25) is 9.79 Å². The molecule has 1 fully saturated rings. The van der Waals surface area contributed by atoms with Crippen molar-refractivity contribution < 1.29 is 4.79 Å². The number of thioether (sulfide) groups is 1. The van der Waals surface area contributed by atoms with Crippen LogP contribution >= 0.6 is 11.8 Å². The van der Waals surface area contributed by atoms with Crippen LogP contribution in [-0.4, -0.2) is 22.6 Å². The normalized spacial score (nSPS) is 28.1. The number of allylic oxidation sites excluding steroid dienone is 4. The quantitative estimate of drug-likeness (QED) is 0.667. The van der Waals surface area contributed by atoms with Crippen molar-refractivity contribution in [3.63, 3.8) is 0 Å². The van der Waals surface area contributed by atoms with E-state index in [9.17, 15) is 4.79 Å². The number of nitrogens with zero attached hydrogens (tertiary/aromatic N) is 1. The van der Waals surface area contributed by atoms with Crippen LogP contribution in [0.4, 0.5) is 0 Å². The van der Waals surface area contributed by atoms with Gasteiger partial charge in [-0.1, -0.05) is 31.4 Å². The van der Waals surface area contributed by atoms with Gasteiger partial charge in [0.25, 0.3) is 0 Å². The van der Waals surface area contributed by atoms with Gasteiger partial charge >= 0.3 is 0 Å². The molecule has 1 aliphatic heterocycles. The highest BCUT2D eigenvalue weighted by Gasteiger charge is 2.48. The van der Waals surface area contributed by atoms with Crippen molar-refractivity contribution in [1.29, 1.82) is 0 Å². The minimum absolute atomic E-state index is 0.0787. The summed E-state index contributed by atoms with van der Waals surface area (Å²) in [4.78, 5) is 16.4. The Bertz CT molecular complexity index is 439. The maximum absolute atomic E-state index is 11.3. The van der Waals surface area contributed by atoms with Gasteiger partial charge in [0, 0.05) is 0 Å². The first-order valence-corrected chi connectivity index (χ1v) is 7.97. The molecule has 1 heterocycles. The molecule has 0 amide bonds. The lowest BCUT2D eigenvalue weighted by Crippen LogP contribution is -2.31. The Kier molecular flexibility index (Phi) is 2.97.